The van der Waals surface area contributed by atoms with Gasteiger partial charge < -0.3 is 24.5 Å². The minimum atomic E-state index is -0.839. The third kappa shape index (κ3) is 7.80. The van der Waals surface area contributed by atoms with E-state index in [9.17, 15) is 19.5 Å². The van der Waals surface area contributed by atoms with Gasteiger partial charge in [0.1, 0.15) is 5.75 Å². The molecule has 1 N–H and O–H groups in total. The number of carbonyl (C=O) groups excluding carboxylic acids is 2. The number of ether oxygens (including phenoxy) is 1. The average Bonchev–Trinajstić information content (AvgIpc) is 3.58. The van der Waals surface area contributed by atoms with Gasteiger partial charge in [-0.15, -0.1) is 0 Å². The van der Waals surface area contributed by atoms with Crippen LogP contribution in [0.1, 0.15) is 69.9 Å². The number of unbranched alkanes of at least 4 members (excludes halogenated alkanes) is 1. The highest BCUT2D eigenvalue weighted by molar-refractivity contribution is 5.80. The van der Waals surface area contributed by atoms with Crippen molar-refractivity contribution in [1.29, 1.82) is 0 Å². The number of carbonyl (C=O) groups is 3. The SMILES string of the molecule is CCCCN(CCCN(C)C)C(=O)CN1C[C@H](c2ccc3c(c2)CCO3)C(C(=O)O)[C@@H]1CCN1CC(C)(C)CC1=O. The van der Waals surface area contributed by atoms with E-state index in [0.29, 0.717) is 45.6 Å². The molecule has 9 heteroatoms. The van der Waals surface area contributed by atoms with Crippen LogP contribution >= 0.6 is 0 Å². The van der Waals surface area contributed by atoms with Gasteiger partial charge in [-0.1, -0.05) is 39.3 Å². The summed E-state index contributed by atoms with van der Waals surface area (Å²) in [5.41, 5.74) is 2.04. The first-order valence-electron chi connectivity index (χ1n) is 15.4. The minimum absolute atomic E-state index is 0.0627. The summed E-state index contributed by atoms with van der Waals surface area (Å²) in [5, 5.41) is 10.5. The highest BCUT2D eigenvalue weighted by Gasteiger charge is 2.48. The molecule has 3 atom stereocenters. The molecule has 41 heavy (non-hydrogen) atoms. The lowest BCUT2D eigenvalue weighted by atomic mass is 9.83. The van der Waals surface area contributed by atoms with Gasteiger partial charge in [0.05, 0.1) is 19.1 Å². The summed E-state index contributed by atoms with van der Waals surface area (Å²) in [4.78, 5) is 47.4. The maximum atomic E-state index is 13.7. The van der Waals surface area contributed by atoms with Gasteiger partial charge in [-0.25, -0.2) is 0 Å². The quantitative estimate of drug-likeness (QED) is 0.367. The minimum Gasteiger partial charge on any atom is -0.493 e. The van der Waals surface area contributed by atoms with Gasteiger partial charge >= 0.3 is 5.97 Å². The zero-order chi connectivity index (χ0) is 29.7. The van der Waals surface area contributed by atoms with E-state index >= 15 is 0 Å². The molecule has 0 radical (unpaired) electrons. The topological polar surface area (TPSA) is 93.6 Å². The second-order valence-electron chi connectivity index (χ2n) is 13.3. The summed E-state index contributed by atoms with van der Waals surface area (Å²) in [6.07, 6.45) is 4.73. The zero-order valence-electron chi connectivity index (χ0n) is 25.7. The maximum Gasteiger partial charge on any atom is 0.308 e. The Morgan fingerprint density at radius 1 is 1.15 bits per heavy atom. The molecule has 3 aliphatic rings. The van der Waals surface area contributed by atoms with Gasteiger partial charge in [-0.3, -0.25) is 19.3 Å². The Balaban J connectivity index is 1.56. The number of amides is 2. The first-order valence-corrected chi connectivity index (χ1v) is 15.4. The van der Waals surface area contributed by atoms with E-state index in [1.807, 2.05) is 36.0 Å². The van der Waals surface area contributed by atoms with Gasteiger partial charge in [0.2, 0.25) is 11.8 Å². The fourth-order valence-electron chi connectivity index (χ4n) is 6.86. The van der Waals surface area contributed by atoms with Crippen molar-refractivity contribution in [3.05, 3.63) is 29.3 Å². The second kappa shape index (κ2) is 13.6. The highest BCUT2D eigenvalue weighted by Crippen LogP contribution is 2.41. The third-order valence-electron chi connectivity index (χ3n) is 8.98. The molecule has 0 aliphatic carbocycles. The molecule has 0 spiro atoms. The molecule has 1 aromatic rings. The Morgan fingerprint density at radius 2 is 1.90 bits per heavy atom. The van der Waals surface area contributed by atoms with Gasteiger partial charge in [0, 0.05) is 57.5 Å². The van der Waals surface area contributed by atoms with Crippen LogP contribution in [0.5, 0.6) is 5.75 Å². The molecule has 9 nitrogen and oxygen atoms in total. The van der Waals surface area contributed by atoms with Crippen LogP contribution < -0.4 is 4.74 Å². The molecule has 1 aromatic carbocycles. The Morgan fingerprint density at radius 3 is 2.56 bits per heavy atom. The molecule has 3 heterocycles. The van der Waals surface area contributed by atoms with Gasteiger partial charge in [0.25, 0.3) is 0 Å². The third-order valence-corrected chi connectivity index (χ3v) is 8.98. The summed E-state index contributed by atoms with van der Waals surface area (Å²) in [6.45, 7) is 11.2. The number of carboxylic acid groups (broad SMARTS) is 1. The smallest absolute Gasteiger partial charge is 0.308 e. The maximum absolute atomic E-state index is 13.7. The molecule has 2 amide bonds. The summed E-state index contributed by atoms with van der Waals surface area (Å²) in [7, 11) is 4.08. The van der Waals surface area contributed by atoms with Crippen molar-refractivity contribution in [2.75, 3.05) is 66.5 Å². The van der Waals surface area contributed by atoms with E-state index in [1.165, 1.54) is 0 Å². The Kier molecular flexibility index (Phi) is 10.3. The molecule has 2 saturated heterocycles. The van der Waals surface area contributed by atoms with Crippen LogP contribution in [0.4, 0.5) is 0 Å². The lowest BCUT2D eigenvalue weighted by Crippen LogP contribution is -2.46. The molecule has 3 aliphatic heterocycles. The molecular formula is C32H50N4O5. The summed E-state index contributed by atoms with van der Waals surface area (Å²) in [5.74, 6) is -0.668. The number of likely N-dealkylation sites (tertiary alicyclic amines) is 2. The Labute approximate surface area is 245 Å². The van der Waals surface area contributed by atoms with E-state index < -0.39 is 11.9 Å². The van der Waals surface area contributed by atoms with Crippen LogP contribution in [0.3, 0.4) is 0 Å². The fourth-order valence-corrected chi connectivity index (χ4v) is 6.86. The number of hydrogen-bond donors (Lipinski definition) is 1. The van der Waals surface area contributed by atoms with E-state index in [4.69, 9.17) is 4.74 Å². The van der Waals surface area contributed by atoms with Crippen molar-refractivity contribution in [2.24, 2.45) is 11.3 Å². The average molecular weight is 571 g/mol. The molecular weight excluding hydrogens is 520 g/mol. The van der Waals surface area contributed by atoms with Crippen LogP contribution in [0, 0.1) is 11.3 Å². The van der Waals surface area contributed by atoms with E-state index in [-0.39, 0.29) is 35.7 Å². The molecule has 0 aromatic heterocycles. The Bertz CT molecular complexity index is 1090. The monoisotopic (exact) mass is 570 g/mol. The second-order valence-corrected chi connectivity index (χ2v) is 13.3. The summed E-state index contributed by atoms with van der Waals surface area (Å²) >= 11 is 0. The number of hydrogen-bond acceptors (Lipinski definition) is 6. The van der Waals surface area contributed by atoms with Crippen LogP contribution in [0.15, 0.2) is 18.2 Å². The molecule has 1 unspecified atom stereocenters. The molecule has 4 rings (SSSR count). The summed E-state index contributed by atoms with van der Waals surface area (Å²) in [6, 6.07) is 5.72. The van der Waals surface area contributed by atoms with Crippen LogP contribution in [-0.4, -0.2) is 115 Å². The number of rotatable bonds is 14. The largest absolute Gasteiger partial charge is 0.493 e. The summed E-state index contributed by atoms with van der Waals surface area (Å²) < 4.78 is 5.70. The lowest BCUT2D eigenvalue weighted by Gasteiger charge is -2.31. The van der Waals surface area contributed by atoms with Gasteiger partial charge in [0.15, 0.2) is 0 Å². The first-order chi connectivity index (χ1) is 19.5. The number of benzene rings is 1. The number of carboxylic acids is 1. The zero-order valence-corrected chi connectivity index (χ0v) is 25.7. The molecule has 0 bridgehead atoms. The van der Waals surface area contributed by atoms with Gasteiger partial charge in [-0.2, -0.15) is 0 Å². The van der Waals surface area contributed by atoms with Crippen LogP contribution in [0.2, 0.25) is 0 Å². The predicted octanol–water partition coefficient (Wildman–Crippen LogP) is 3.32. The highest BCUT2D eigenvalue weighted by atomic mass is 16.5. The van der Waals surface area contributed by atoms with Crippen LogP contribution in [0.25, 0.3) is 0 Å². The standard InChI is InChI=1S/C32H50N4O5/c1-6-7-14-34(15-8-13-33(4)5)29(38)21-36-20-25(23-9-10-27-24(18-23)12-17-41-27)30(31(39)40)26(36)11-16-35-22-32(2,3)19-28(35)37/h9-10,18,25-26,30H,6-8,11-17,19-22H2,1-5H3,(H,39,40)/t25-,26+,30?/m1/s1. The molecule has 2 fully saturated rings. The van der Waals surface area contributed by atoms with Crippen molar-refractivity contribution in [2.45, 2.75) is 71.3 Å². The normalized spacial score (nSPS) is 23.7. The number of nitrogens with zero attached hydrogens (tertiary/aromatic N) is 4. The van der Waals surface area contributed by atoms with E-state index in [2.05, 4.69) is 36.6 Å². The van der Waals surface area contributed by atoms with E-state index in [0.717, 1.165) is 55.6 Å². The van der Waals surface area contributed by atoms with Crippen molar-refractivity contribution in [1.82, 2.24) is 19.6 Å². The van der Waals surface area contributed by atoms with Crippen molar-refractivity contribution >= 4 is 17.8 Å². The molecule has 0 saturated carbocycles. The van der Waals surface area contributed by atoms with Crippen molar-refractivity contribution in [3.8, 4) is 5.75 Å². The van der Waals surface area contributed by atoms with Gasteiger partial charge in [-0.05, 0) is 62.5 Å². The predicted molar refractivity (Wildman–Crippen MR) is 159 cm³/mol. The lowest BCUT2D eigenvalue weighted by molar-refractivity contribution is -0.144. The van der Waals surface area contributed by atoms with Crippen molar-refractivity contribution < 1.29 is 24.2 Å². The van der Waals surface area contributed by atoms with Crippen LogP contribution in [-0.2, 0) is 20.8 Å². The first kappa shape index (κ1) is 31.3. The number of aliphatic carboxylic acids is 1. The number of fused-ring (bicyclic) bond motifs is 1. The fraction of sp³-hybridized carbons (Fsp3) is 0.719. The Hall–Kier alpha value is -2.65. The van der Waals surface area contributed by atoms with E-state index in [1.54, 1.807) is 0 Å². The van der Waals surface area contributed by atoms with Crippen molar-refractivity contribution in [3.63, 3.8) is 0 Å². The molecule has 228 valence electrons.